The fourth-order valence-corrected chi connectivity index (χ4v) is 2.34. The number of rotatable bonds is 5. The molecular formula is C21H26FN3O2. The van der Waals surface area contributed by atoms with Crippen LogP contribution in [0.15, 0.2) is 48.5 Å². The van der Waals surface area contributed by atoms with Gasteiger partial charge in [0.2, 0.25) is 5.91 Å². The first-order valence-corrected chi connectivity index (χ1v) is 8.86. The quantitative estimate of drug-likeness (QED) is 0.821. The van der Waals surface area contributed by atoms with Gasteiger partial charge in [0.25, 0.3) is 0 Å². The molecule has 2 aromatic carbocycles. The summed E-state index contributed by atoms with van der Waals surface area (Å²) in [6.45, 7) is 7.98. The minimum absolute atomic E-state index is 0.0968. The Bertz CT molecular complexity index is 781. The Morgan fingerprint density at radius 3 is 2.15 bits per heavy atom. The molecule has 144 valence electrons. The van der Waals surface area contributed by atoms with Crippen molar-refractivity contribution in [1.29, 1.82) is 0 Å². The lowest BCUT2D eigenvalue weighted by Crippen LogP contribution is -2.43. The highest BCUT2D eigenvalue weighted by Gasteiger charge is 2.22. The van der Waals surface area contributed by atoms with Gasteiger partial charge in [-0.15, -0.1) is 0 Å². The average molecular weight is 371 g/mol. The Morgan fingerprint density at radius 1 is 1.00 bits per heavy atom. The summed E-state index contributed by atoms with van der Waals surface area (Å²) in [5.74, 6) is -0.473. The first-order valence-electron chi connectivity index (χ1n) is 8.86. The number of nitrogens with one attached hydrogen (secondary N) is 2. The van der Waals surface area contributed by atoms with Gasteiger partial charge in [0.15, 0.2) is 0 Å². The van der Waals surface area contributed by atoms with E-state index in [0.717, 1.165) is 5.56 Å². The van der Waals surface area contributed by atoms with Crippen LogP contribution < -0.4 is 15.5 Å². The average Bonchev–Trinajstić information content (AvgIpc) is 2.60. The number of amides is 3. The number of carbonyl (C=O) groups excluding carboxylic acids is 2. The zero-order valence-electron chi connectivity index (χ0n) is 16.2. The van der Waals surface area contributed by atoms with E-state index in [1.54, 1.807) is 0 Å². The summed E-state index contributed by atoms with van der Waals surface area (Å²) in [5, 5.41) is 5.66. The SMILES string of the molecule is Cc1ccc(NC(=O)N(CCNC(=O)C(C)(C)C)c2ccc(F)cc2)cc1. The van der Waals surface area contributed by atoms with Gasteiger partial charge < -0.3 is 10.6 Å². The third kappa shape index (κ3) is 6.09. The van der Waals surface area contributed by atoms with Crippen LogP contribution in [0.1, 0.15) is 26.3 Å². The van der Waals surface area contributed by atoms with Gasteiger partial charge in [-0.3, -0.25) is 9.69 Å². The molecule has 0 unspecified atom stereocenters. The number of hydrogen-bond donors (Lipinski definition) is 2. The van der Waals surface area contributed by atoms with Crippen LogP contribution in [0.2, 0.25) is 0 Å². The fourth-order valence-electron chi connectivity index (χ4n) is 2.34. The summed E-state index contributed by atoms with van der Waals surface area (Å²) in [7, 11) is 0. The number of halogens is 1. The first-order chi connectivity index (χ1) is 12.7. The van der Waals surface area contributed by atoms with Gasteiger partial charge in [-0.05, 0) is 43.3 Å². The van der Waals surface area contributed by atoms with Crippen LogP contribution >= 0.6 is 0 Å². The van der Waals surface area contributed by atoms with Gasteiger partial charge in [0.1, 0.15) is 5.82 Å². The lowest BCUT2D eigenvalue weighted by molar-refractivity contribution is -0.128. The third-order valence-electron chi connectivity index (χ3n) is 3.99. The zero-order chi connectivity index (χ0) is 20.0. The highest BCUT2D eigenvalue weighted by Crippen LogP contribution is 2.17. The molecule has 6 heteroatoms. The van der Waals surface area contributed by atoms with Crippen molar-refractivity contribution in [2.24, 2.45) is 5.41 Å². The number of nitrogens with zero attached hydrogens (tertiary/aromatic N) is 1. The molecule has 2 N–H and O–H groups in total. The predicted octanol–water partition coefficient (Wildman–Crippen LogP) is 4.33. The minimum Gasteiger partial charge on any atom is -0.354 e. The Kier molecular flexibility index (Phi) is 6.55. The molecule has 2 rings (SSSR count). The largest absolute Gasteiger partial charge is 0.354 e. The van der Waals surface area contributed by atoms with E-state index in [4.69, 9.17) is 0 Å². The molecule has 0 bridgehead atoms. The van der Waals surface area contributed by atoms with Crippen molar-refractivity contribution < 1.29 is 14.0 Å². The molecule has 5 nitrogen and oxygen atoms in total. The van der Waals surface area contributed by atoms with Crippen molar-refractivity contribution in [2.45, 2.75) is 27.7 Å². The van der Waals surface area contributed by atoms with E-state index >= 15 is 0 Å². The molecule has 0 radical (unpaired) electrons. The maximum atomic E-state index is 13.2. The maximum Gasteiger partial charge on any atom is 0.326 e. The number of benzene rings is 2. The molecule has 27 heavy (non-hydrogen) atoms. The molecule has 0 saturated heterocycles. The molecule has 0 aliphatic carbocycles. The van der Waals surface area contributed by atoms with Crippen molar-refractivity contribution in [3.05, 3.63) is 59.9 Å². The molecule has 2 aromatic rings. The van der Waals surface area contributed by atoms with E-state index in [9.17, 15) is 14.0 Å². The monoisotopic (exact) mass is 371 g/mol. The molecule has 3 amide bonds. The zero-order valence-corrected chi connectivity index (χ0v) is 16.2. The van der Waals surface area contributed by atoms with Gasteiger partial charge in [-0.2, -0.15) is 0 Å². The molecule has 0 atom stereocenters. The van der Waals surface area contributed by atoms with E-state index in [-0.39, 0.29) is 30.8 Å². The molecule has 0 fully saturated rings. The van der Waals surface area contributed by atoms with Crippen molar-refractivity contribution in [1.82, 2.24) is 5.32 Å². The van der Waals surface area contributed by atoms with Crippen molar-refractivity contribution in [3.63, 3.8) is 0 Å². The summed E-state index contributed by atoms with van der Waals surface area (Å²) in [6, 6.07) is 12.8. The lowest BCUT2D eigenvalue weighted by Gasteiger charge is -2.25. The first kappa shape index (κ1) is 20.4. The summed E-state index contributed by atoms with van der Waals surface area (Å²) < 4.78 is 13.2. The molecule has 0 aliphatic rings. The molecule has 0 heterocycles. The second-order valence-electron chi connectivity index (χ2n) is 7.43. The highest BCUT2D eigenvalue weighted by molar-refractivity contribution is 6.01. The highest BCUT2D eigenvalue weighted by atomic mass is 19.1. The number of urea groups is 1. The Balaban J connectivity index is 2.11. The molecule has 0 aromatic heterocycles. The predicted molar refractivity (Wildman–Crippen MR) is 106 cm³/mol. The molecule has 0 saturated carbocycles. The van der Waals surface area contributed by atoms with Crippen LogP contribution in [0.5, 0.6) is 0 Å². The summed E-state index contributed by atoms with van der Waals surface area (Å²) in [4.78, 5) is 26.3. The van der Waals surface area contributed by atoms with Gasteiger partial charge >= 0.3 is 6.03 Å². The van der Waals surface area contributed by atoms with Crippen LogP contribution in [0.25, 0.3) is 0 Å². The second kappa shape index (κ2) is 8.66. The van der Waals surface area contributed by atoms with Gasteiger partial charge in [0, 0.05) is 29.9 Å². The third-order valence-corrected chi connectivity index (χ3v) is 3.99. The van der Waals surface area contributed by atoms with E-state index in [1.165, 1.54) is 29.2 Å². The number of aryl methyl sites for hydroxylation is 1. The summed E-state index contributed by atoms with van der Waals surface area (Å²) in [6.07, 6.45) is 0. The van der Waals surface area contributed by atoms with E-state index in [0.29, 0.717) is 11.4 Å². The van der Waals surface area contributed by atoms with E-state index < -0.39 is 5.41 Å². The Hall–Kier alpha value is -2.89. The second-order valence-corrected chi connectivity index (χ2v) is 7.43. The minimum atomic E-state index is -0.509. The number of hydrogen-bond acceptors (Lipinski definition) is 2. The molecule has 0 spiro atoms. The lowest BCUT2D eigenvalue weighted by atomic mass is 9.96. The van der Waals surface area contributed by atoms with Crippen molar-refractivity contribution in [2.75, 3.05) is 23.3 Å². The van der Waals surface area contributed by atoms with Gasteiger partial charge in [-0.1, -0.05) is 38.5 Å². The number of carbonyl (C=O) groups is 2. The Labute approximate surface area is 159 Å². The van der Waals surface area contributed by atoms with Gasteiger partial charge in [-0.25, -0.2) is 9.18 Å². The topological polar surface area (TPSA) is 61.4 Å². The van der Waals surface area contributed by atoms with Crippen LogP contribution in [-0.4, -0.2) is 25.0 Å². The smallest absolute Gasteiger partial charge is 0.326 e. The summed E-state index contributed by atoms with van der Waals surface area (Å²) >= 11 is 0. The number of anilines is 2. The standard InChI is InChI=1S/C21H26FN3O2/c1-15-5-9-17(10-6-15)24-20(27)25(18-11-7-16(22)8-12-18)14-13-23-19(26)21(2,3)4/h5-12H,13-14H2,1-4H3,(H,23,26)(H,24,27). The van der Waals surface area contributed by atoms with Crippen LogP contribution in [0, 0.1) is 18.2 Å². The summed E-state index contributed by atoms with van der Waals surface area (Å²) in [5.41, 5.74) is 1.79. The van der Waals surface area contributed by atoms with Crippen LogP contribution in [0.3, 0.4) is 0 Å². The van der Waals surface area contributed by atoms with E-state index in [2.05, 4.69) is 10.6 Å². The van der Waals surface area contributed by atoms with Crippen molar-refractivity contribution >= 4 is 23.3 Å². The fraction of sp³-hybridized carbons (Fsp3) is 0.333. The maximum absolute atomic E-state index is 13.2. The molecular weight excluding hydrogens is 345 g/mol. The van der Waals surface area contributed by atoms with Crippen LogP contribution in [0.4, 0.5) is 20.6 Å². The Morgan fingerprint density at radius 2 is 1.59 bits per heavy atom. The normalized spacial score (nSPS) is 11.0. The van der Waals surface area contributed by atoms with Crippen LogP contribution in [-0.2, 0) is 4.79 Å². The van der Waals surface area contributed by atoms with Gasteiger partial charge in [0.05, 0.1) is 0 Å². The van der Waals surface area contributed by atoms with Crippen molar-refractivity contribution in [3.8, 4) is 0 Å². The molecule has 0 aliphatic heterocycles. The van der Waals surface area contributed by atoms with E-state index in [1.807, 2.05) is 52.0 Å².